The molecule has 6 heteroatoms. The van der Waals surface area contributed by atoms with Crippen LogP contribution in [0, 0.1) is 0 Å². The second-order valence-electron chi connectivity index (χ2n) is 3.85. The number of aromatic nitrogens is 2. The van der Waals surface area contributed by atoms with Crippen molar-refractivity contribution < 1.29 is 9.90 Å². The van der Waals surface area contributed by atoms with Crippen LogP contribution in [0.25, 0.3) is 0 Å². The number of aliphatic hydroxyl groups excluding tert-OH is 1. The van der Waals surface area contributed by atoms with Crippen molar-refractivity contribution in [2.24, 2.45) is 0 Å². The molecule has 0 spiro atoms. The lowest BCUT2D eigenvalue weighted by molar-refractivity contribution is 0.0541. The number of piperidine rings is 1. The van der Waals surface area contributed by atoms with Crippen LogP contribution in [0.2, 0.25) is 0 Å². The number of nitrogen functional groups attached to an aromatic ring is 1. The zero-order valence-corrected chi connectivity index (χ0v) is 8.83. The standard InChI is InChI=1S/C10H14N4O2/c11-9-6-12-8(5-13-9)10(16)14-3-1-7(15)2-4-14/h5-7,15H,1-4H2,(H2,11,13). The van der Waals surface area contributed by atoms with E-state index >= 15 is 0 Å². The van der Waals surface area contributed by atoms with Crippen molar-refractivity contribution in [2.45, 2.75) is 18.9 Å². The number of nitrogens with zero attached hydrogens (tertiary/aromatic N) is 3. The van der Waals surface area contributed by atoms with Gasteiger partial charge in [0.15, 0.2) is 0 Å². The number of hydrogen-bond donors (Lipinski definition) is 2. The Morgan fingerprint density at radius 2 is 2.06 bits per heavy atom. The Balaban J connectivity index is 2.05. The lowest BCUT2D eigenvalue weighted by Crippen LogP contribution is -2.40. The monoisotopic (exact) mass is 222 g/mol. The molecule has 0 aliphatic carbocycles. The summed E-state index contributed by atoms with van der Waals surface area (Å²) < 4.78 is 0. The maximum atomic E-state index is 11.9. The third kappa shape index (κ3) is 2.27. The van der Waals surface area contributed by atoms with Crippen molar-refractivity contribution in [1.29, 1.82) is 0 Å². The van der Waals surface area contributed by atoms with Gasteiger partial charge in [-0.2, -0.15) is 0 Å². The molecule has 0 radical (unpaired) electrons. The van der Waals surface area contributed by atoms with Crippen LogP contribution in [0.1, 0.15) is 23.3 Å². The normalized spacial score (nSPS) is 17.4. The summed E-state index contributed by atoms with van der Waals surface area (Å²) in [5.41, 5.74) is 5.69. The second kappa shape index (κ2) is 4.44. The molecule has 1 fully saturated rings. The Bertz CT molecular complexity index is 371. The van der Waals surface area contributed by atoms with Gasteiger partial charge in [-0.05, 0) is 12.8 Å². The molecular formula is C10H14N4O2. The minimum absolute atomic E-state index is 0.153. The van der Waals surface area contributed by atoms with Crippen LogP contribution in [0.4, 0.5) is 5.82 Å². The Morgan fingerprint density at radius 3 is 2.62 bits per heavy atom. The number of rotatable bonds is 1. The van der Waals surface area contributed by atoms with Gasteiger partial charge in [0.2, 0.25) is 0 Å². The van der Waals surface area contributed by atoms with E-state index < -0.39 is 0 Å². The summed E-state index contributed by atoms with van der Waals surface area (Å²) in [6.07, 6.45) is 3.69. The first-order chi connectivity index (χ1) is 7.66. The maximum absolute atomic E-state index is 11.9. The third-order valence-corrected chi connectivity index (χ3v) is 2.64. The topological polar surface area (TPSA) is 92.3 Å². The van der Waals surface area contributed by atoms with Gasteiger partial charge in [-0.1, -0.05) is 0 Å². The van der Waals surface area contributed by atoms with E-state index in [1.807, 2.05) is 0 Å². The van der Waals surface area contributed by atoms with E-state index in [1.165, 1.54) is 12.4 Å². The fourth-order valence-corrected chi connectivity index (χ4v) is 1.68. The fourth-order valence-electron chi connectivity index (χ4n) is 1.68. The molecule has 1 aliphatic rings. The third-order valence-electron chi connectivity index (χ3n) is 2.64. The highest BCUT2D eigenvalue weighted by Gasteiger charge is 2.23. The zero-order valence-electron chi connectivity index (χ0n) is 8.83. The first-order valence-electron chi connectivity index (χ1n) is 5.21. The van der Waals surface area contributed by atoms with E-state index in [4.69, 9.17) is 5.73 Å². The molecule has 6 nitrogen and oxygen atoms in total. The molecule has 0 saturated carbocycles. The number of carbonyl (C=O) groups is 1. The number of anilines is 1. The SMILES string of the molecule is Nc1cnc(C(=O)N2CCC(O)CC2)cn1. The van der Waals surface area contributed by atoms with Crippen LogP contribution in [-0.4, -0.2) is 45.1 Å². The predicted octanol–water partition coefficient (Wildman–Crippen LogP) is -0.344. The van der Waals surface area contributed by atoms with Crippen LogP contribution in [0.5, 0.6) is 0 Å². The minimum Gasteiger partial charge on any atom is -0.393 e. The number of hydrogen-bond acceptors (Lipinski definition) is 5. The fraction of sp³-hybridized carbons (Fsp3) is 0.500. The Morgan fingerprint density at radius 1 is 1.38 bits per heavy atom. The van der Waals surface area contributed by atoms with Crippen molar-refractivity contribution in [3.63, 3.8) is 0 Å². The number of nitrogens with two attached hydrogens (primary N) is 1. The van der Waals surface area contributed by atoms with Gasteiger partial charge in [-0.25, -0.2) is 9.97 Å². The molecule has 0 bridgehead atoms. The summed E-state index contributed by atoms with van der Waals surface area (Å²) in [5, 5.41) is 9.33. The molecule has 0 aromatic carbocycles. The smallest absolute Gasteiger partial charge is 0.274 e. The minimum atomic E-state index is -0.290. The highest BCUT2D eigenvalue weighted by atomic mass is 16.3. The van der Waals surface area contributed by atoms with Crippen molar-refractivity contribution >= 4 is 11.7 Å². The largest absolute Gasteiger partial charge is 0.393 e. The van der Waals surface area contributed by atoms with Gasteiger partial charge >= 0.3 is 0 Å². The van der Waals surface area contributed by atoms with E-state index in [0.29, 0.717) is 37.4 Å². The molecule has 1 amide bonds. The van der Waals surface area contributed by atoms with E-state index in [0.717, 1.165) is 0 Å². The Kier molecular flexibility index (Phi) is 3.00. The summed E-state index contributed by atoms with van der Waals surface area (Å²) in [6, 6.07) is 0. The van der Waals surface area contributed by atoms with Crippen molar-refractivity contribution in [2.75, 3.05) is 18.8 Å². The van der Waals surface area contributed by atoms with Gasteiger partial charge in [0.1, 0.15) is 11.5 Å². The highest BCUT2D eigenvalue weighted by molar-refractivity contribution is 5.92. The molecule has 2 rings (SSSR count). The molecule has 1 aliphatic heterocycles. The molecule has 1 aromatic rings. The summed E-state index contributed by atoms with van der Waals surface area (Å²) in [5.74, 6) is 0.144. The predicted molar refractivity (Wildman–Crippen MR) is 57.6 cm³/mol. The van der Waals surface area contributed by atoms with Crippen molar-refractivity contribution in [1.82, 2.24) is 14.9 Å². The molecule has 0 atom stereocenters. The van der Waals surface area contributed by atoms with Gasteiger partial charge in [-0.3, -0.25) is 4.79 Å². The lowest BCUT2D eigenvalue weighted by atomic mass is 10.1. The van der Waals surface area contributed by atoms with Crippen LogP contribution in [0.15, 0.2) is 12.4 Å². The van der Waals surface area contributed by atoms with Crippen LogP contribution < -0.4 is 5.73 Å². The molecule has 16 heavy (non-hydrogen) atoms. The molecule has 1 saturated heterocycles. The number of amides is 1. The van der Waals surface area contributed by atoms with Gasteiger partial charge in [0.25, 0.3) is 5.91 Å². The van der Waals surface area contributed by atoms with Crippen molar-refractivity contribution in [3.8, 4) is 0 Å². The first-order valence-corrected chi connectivity index (χ1v) is 5.21. The average Bonchev–Trinajstić information content (AvgIpc) is 2.30. The summed E-state index contributed by atoms with van der Waals surface area (Å²) in [4.78, 5) is 21.4. The molecule has 3 N–H and O–H groups in total. The quantitative estimate of drug-likeness (QED) is 0.678. The second-order valence-corrected chi connectivity index (χ2v) is 3.85. The molecule has 2 heterocycles. The van der Waals surface area contributed by atoms with Crippen LogP contribution >= 0.6 is 0 Å². The lowest BCUT2D eigenvalue weighted by Gasteiger charge is -2.29. The summed E-state index contributed by atoms with van der Waals surface area (Å²) in [7, 11) is 0. The molecule has 1 aromatic heterocycles. The number of carbonyl (C=O) groups excluding carboxylic acids is 1. The number of likely N-dealkylation sites (tertiary alicyclic amines) is 1. The van der Waals surface area contributed by atoms with Crippen LogP contribution in [-0.2, 0) is 0 Å². The Labute approximate surface area is 93.1 Å². The van der Waals surface area contributed by atoms with E-state index in [-0.39, 0.29) is 12.0 Å². The van der Waals surface area contributed by atoms with Gasteiger partial charge in [0.05, 0.1) is 18.5 Å². The van der Waals surface area contributed by atoms with Gasteiger partial charge < -0.3 is 15.7 Å². The zero-order chi connectivity index (χ0) is 11.5. The summed E-state index contributed by atoms with van der Waals surface area (Å²) in [6.45, 7) is 1.12. The molecule has 86 valence electrons. The first kappa shape index (κ1) is 10.8. The molecule has 0 unspecified atom stereocenters. The average molecular weight is 222 g/mol. The Hall–Kier alpha value is -1.69. The summed E-state index contributed by atoms with van der Waals surface area (Å²) >= 11 is 0. The highest BCUT2D eigenvalue weighted by Crippen LogP contribution is 2.12. The molecular weight excluding hydrogens is 208 g/mol. The maximum Gasteiger partial charge on any atom is 0.274 e. The van der Waals surface area contributed by atoms with E-state index in [2.05, 4.69) is 9.97 Å². The van der Waals surface area contributed by atoms with Crippen LogP contribution in [0.3, 0.4) is 0 Å². The van der Waals surface area contributed by atoms with E-state index in [1.54, 1.807) is 4.90 Å². The van der Waals surface area contributed by atoms with Gasteiger partial charge in [0, 0.05) is 13.1 Å². The van der Waals surface area contributed by atoms with E-state index in [9.17, 15) is 9.90 Å². The number of aliphatic hydroxyl groups is 1. The van der Waals surface area contributed by atoms with Gasteiger partial charge in [-0.15, -0.1) is 0 Å². The van der Waals surface area contributed by atoms with Crippen molar-refractivity contribution in [3.05, 3.63) is 18.1 Å².